The number of sulfonamides is 1. The molecule has 2 aromatic rings. The van der Waals surface area contributed by atoms with Crippen molar-refractivity contribution in [3.63, 3.8) is 0 Å². The van der Waals surface area contributed by atoms with Crippen molar-refractivity contribution < 1.29 is 23.1 Å². The molecule has 0 spiro atoms. The Kier molecular flexibility index (Phi) is 5.03. The quantitative estimate of drug-likeness (QED) is 0.814. The molecule has 9 nitrogen and oxygen atoms in total. The average Bonchev–Trinajstić information content (AvgIpc) is 2.99. The first kappa shape index (κ1) is 19.1. The lowest BCUT2D eigenvalue weighted by Gasteiger charge is -2.34. The summed E-state index contributed by atoms with van der Waals surface area (Å²) < 4.78 is 28.3. The van der Waals surface area contributed by atoms with Crippen molar-refractivity contribution >= 4 is 21.9 Å². The highest BCUT2D eigenvalue weighted by Crippen LogP contribution is 2.19. The largest absolute Gasteiger partial charge is 0.478 e. The number of hydrogen-bond donors (Lipinski definition) is 1. The van der Waals surface area contributed by atoms with Crippen molar-refractivity contribution in [2.45, 2.75) is 11.8 Å². The third-order valence-electron chi connectivity index (χ3n) is 4.49. The summed E-state index contributed by atoms with van der Waals surface area (Å²) in [5.74, 6) is -1.29. The summed E-state index contributed by atoms with van der Waals surface area (Å²) in [7, 11) is -2.04. The molecule has 0 atom stereocenters. The Hall–Kier alpha value is -2.72. The number of nitrogens with zero attached hydrogens (tertiary/aromatic N) is 4. The molecule has 1 amide bonds. The highest BCUT2D eigenvalue weighted by Gasteiger charge is 2.31. The molecule has 1 aromatic carbocycles. The minimum Gasteiger partial charge on any atom is -0.478 e. The van der Waals surface area contributed by atoms with Crippen molar-refractivity contribution in [2.75, 3.05) is 26.2 Å². The normalized spacial score (nSPS) is 15.7. The van der Waals surface area contributed by atoms with Crippen LogP contribution in [-0.4, -0.2) is 70.6 Å². The van der Waals surface area contributed by atoms with Gasteiger partial charge in [0, 0.05) is 33.2 Å². The summed E-state index contributed by atoms with van der Waals surface area (Å²) in [5.41, 5.74) is 1.23. The van der Waals surface area contributed by atoms with Gasteiger partial charge < -0.3 is 10.0 Å². The fourth-order valence-corrected chi connectivity index (χ4v) is 4.45. The monoisotopic (exact) mass is 392 g/mol. The van der Waals surface area contributed by atoms with E-state index < -0.39 is 16.0 Å². The van der Waals surface area contributed by atoms with Gasteiger partial charge in [0.2, 0.25) is 10.0 Å². The Bertz CT molecular complexity index is 973. The van der Waals surface area contributed by atoms with Crippen LogP contribution in [0.5, 0.6) is 0 Å². The van der Waals surface area contributed by atoms with Crippen LogP contribution in [0.15, 0.2) is 35.2 Å². The zero-order valence-electron chi connectivity index (χ0n) is 15.0. The van der Waals surface area contributed by atoms with E-state index in [9.17, 15) is 18.0 Å². The summed E-state index contributed by atoms with van der Waals surface area (Å²) >= 11 is 0. The van der Waals surface area contributed by atoms with Gasteiger partial charge in [-0.15, -0.1) is 0 Å². The van der Waals surface area contributed by atoms with Crippen LogP contribution in [0.3, 0.4) is 0 Å². The predicted octanol–water partition coefficient (Wildman–Crippen LogP) is 0.573. The van der Waals surface area contributed by atoms with Gasteiger partial charge in [0.1, 0.15) is 5.69 Å². The number of hydrogen-bond acceptors (Lipinski definition) is 5. The zero-order chi connectivity index (χ0) is 19.8. The summed E-state index contributed by atoms with van der Waals surface area (Å²) in [6.45, 7) is 2.69. The van der Waals surface area contributed by atoms with Crippen LogP contribution in [0.2, 0.25) is 0 Å². The molecule has 1 N–H and O–H groups in total. The Morgan fingerprint density at radius 2 is 1.67 bits per heavy atom. The molecule has 0 unspecified atom stereocenters. The molecule has 0 bridgehead atoms. The molecule has 1 aliphatic heterocycles. The number of aromatic carboxylic acids is 1. The lowest BCUT2D eigenvalue weighted by molar-refractivity contribution is 0.0682. The standard InChI is InChI=1S/C17H20N4O5S/c1-12-11-15(19(2)18-12)16(22)20-7-9-21(10-8-20)27(25,26)14-5-3-13(4-6-14)17(23)24/h3-6,11H,7-10H2,1-2H3,(H,23,24). The number of carboxylic acid groups (broad SMARTS) is 1. The molecule has 10 heteroatoms. The molecule has 3 rings (SSSR count). The second-order valence-electron chi connectivity index (χ2n) is 6.32. The molecule has 1 saturated heterocycles. The minimum absolute atomic E-state index is 0.0239. The lowest BCUT2D eigenvalue weighted by Crippen LogP contribution is -2.50. The van der Waals surface area contributed by atoms with Crippen molar-refractivity contribution in [3.05, 3.63) is 47.3 Å². The van der Waals surface area contributed by atoms with Crippen LogP contribution >= 0.6 is 0 Å². The molecule has 144 valence electrons. The van der Waals surface area contributed by atoms with Crippen LogP contribution in [0.25, 0.3) is 0 Å². The highest BCUT2D eigenvalue weighted by molar-refractivity contribution is 7.89. The van der Waals surface area contributed by atoms with Crippen molar-refractivity contribution in [1.29, 1.82) is 0 Å². The maximum Gasteiger partial charge on any atom is 0.335 e. The third kappa shape index (κ3) is 3.71. The van der Waals surface area contributed by atoms with Gasteiger partial charge in [-0.3, -0.25) is 9.48 Å². The van der Waals surface area contributed by atoms with E-state index in [0.717, 1.165) is 5.69 Å². The Labute approximate surface area is 156 Å². The van der Waals surface area contributed by atoms with Gasteiger partial charge in [0.05, 0.1) is 16.2 Å². The van der Waals surface area contributed by atoms with E-state index in [1.54, 1.807) is 24.9 Å². The fraction of sp³-hybridized carbons (Fsp3) is 0.353. The van der Waals surface area contributed by atoms with Crippen LogP contribution in [0.1, 0.15) is 26.5 Å². The van der Waals surface area contributed by atoms with Crippen molar-refractivity contribution in [3.8, 4) is 0 Å². The Balaban J connectivity index is 1.70. The van der Waals surface area contributed by atoms with Gasteiger partial charge in [-0.1, -0.05) is 0 Å². The molecule has 2 heterocycles. The molecule has 0 aliphatic carbocycles. The van der Waals surface area contributed by atoms with E-state index in [1.807, 2.05) is 0 Å². The number of carboxylic acids is 1. The smallest absolute Gasteiger partial charge is 0.335 e. The first-order valence-corrected chi connectivity index (χ1v) is 9.77. The SMILES string of the molecule is Cc1cc(C(=O)N2CCN(S(=O)(=O)c3ccc(C(=O)O)cc3)CC2)n(C)n1. The summed E-state index contributed by atoms with van der Waals surface area (Å²) in [4.78, 5) is 25.1. The van der Waals surface area contributed by atoms with Gasteiger partial charge >= 0.3 is 5.97 Å². The van der Waals surface area contributed by atoms with Gasteiger partial charge in [-0.25, -0.2) is 13.2 Å². The van der Waals surface area contributed by atoms with E-state index in [2.05, 4.69) is 5.10 Å². The number of amides is 1. The maximum absolute atomic E-state index is 12.7. The number of carbonyl (C=O) groups is 2. The molecule has 1 aromatic heterocycles. The number of carbonyl (C=O) groups excluding carboxylic acids is 1. The molecular weight excluding hydrogens is 372 g/mol. The van der Waals surface area contributed by atoms with Gasteiger partial charge in [-0.05, 0) is 37.3 Å². The Morgan fingerprint density at radius 1 is 1.07 bits per heavy atom. The number of rotatable bonds is 4. The van der Waals surface area contributed by atoms with Crippen LogP contribution in [-0.2, 0) is 17.1 Å². The van der Waals surface area contributed by atoms with E-state index >= 15 is 0 Å². The van der Waals surface area contributed by atoms with Crippen LogP contribution in [0.4, 0.5) is 0 Å². The zero-order valence-corrected chi connectivity index (χ0v) is 15.8. The molecule has 0 radical (unpaired) electrons. The first-order valence-electron chi connectivity index (χ1n) is 8.33. The fourth-order valence-electron chi connectivity index (χ4n) is 3.02. The number of piperazine rings is 1. The third-order valence-corrected chi connectivity index (χ3v) is 6.40. The van der Waals surface area contributed by atoms with Gasteiger partial charge in [-0.2, -0.15) is 9.40 Å². The molecule has 1 aliphatic rings. The molecular formula is C17H20N4O5S. The Morgan fingerprint density at radius 3 is 2.15 bits per heavy atom. The summed E-state index contributed by atoms with van der Waals surface area (Å²) in [6, 6.07) is 6.80. The van der Waals surface area contributed by atoms with Crippen LogP contribution in [0, 0.1) is 6.92 Å². The van der Waals surface area contributed by atoms with E-state index in [-0.39, 0.29) is 42.5 Å². The van der Waals surface area contributed by atoms with Gasteiger partial charge in [0.25, 0.3) is 5.91 Å². The second-order valence-corrected chi connectivity index (χ2v) is 8.26. The summed E-state index contributed by atoms with van der Waals surface area (Å²) in [6.07, 6.45) is 0. The van der Waals surface area contributed by atoms with Crippen molar-refractivity contribution in [2.24, 2.45) is 7.05 Å². The van der Waals surface area contributed by atoms with E-state index in [1.165, 1.54) is 33.3 Å². The minimum atomic E-state index is -3.74. The topological polar surface area (TPSA) is 113 Å². The molecule has 27 heavy (non-hydrogen) atoms. The maximum atomic E-state index is 12.7. The van der Waals surface area contributed by atoms with Gasteiger partial charge in [0.15, 0.2) is 0 Å². The van der Waals surface area contributed by atoms with Crippen LogP contribution < -0.4 is 0 Å². The molecule has 0 saturated carbocycles. The predicted molar refractivity (Wildman–Crippen MR) is 96.0 cm³/mol. The second kappa shape index (κ2) is 7.12. The molecule has 1 fully saturated rings. The average molecular weight is 392 g/mol. The number of benzene rings is 1. The van der Waals surface area contributed by atoms with E-state index in [0.29, 0.717) is 5.69 Å². The number of aromatic nitrogens is 2. The summed E-state index contributed by atoms with van der Waals surface area (Å²) in [5, 5.41) is 13.1. The highest BCUT2D eigenvalue weighted by atomic mass is 32.2. The first-order chi connectivity index (χ1) is 12.7. The lowest BCUT2D eigenvalue weighted by atomic mass is 10.2. The van der Waals surface area contributed by atoms with E-state index in [4.69, 9.17) is 5.11 Å². The van der Waals surface area contributed by atoms with Crippen molar-refractivity contribution in [1.82, 2.24) is 19.0 Å². The number of aryl methyl sites for hydroxylation is 2.